The number of nitrogens with zero attached hydrogens (tertiary/aromatic N) is 4. The van der Waals surface area contributed by atoms with Gasteiger partial charge >= 0.3 is 5.97 Å². The summed E-state index contributed by atoms with van der Waals surface area (Å²) in [5, 5.41) is 15.3. The molecule has 0 radical (unpaired) electrons. The zero-order valence-electron chi connectivity index (χ0n) is 20.0. The minimum atomic E-state index is -0.542. The first-order valence-corrected chi connectivity index (χ1v) is 12.2. The van der Waals surface area contributed by atoms with E-state index in [2.05, 4.69) is 15.1 Å². The molecule has 184 valence electrons. The zero-order chi connectivity index (χ0) is 25.9. The first-order valence-electron chi connectivity index (χ1n) is 11.4. The molecule has 0 unspecified atom stereocenters. The lowest BCUT2D eigenvalue weighted by molar-refractivity contribution is -0.114. The summed E-state index contributed by atoms with van der Waals surface area (Å²) in [5.41, 5.74) is 2.88. The molecule has 1 N–H and O–H groups in total. The number of amides is 1. The number of nitrogens with one attached hydrogen (secondary N) is 1. The molecular weight excluding hydrogens is 490 g/mol. The van der Waals surface area contributed by atoms with Crippen molar-refractivity contribution < 1.29 is 19.1 Å². The number of hydrogen-bond donors (Lipinski definition) is 1. The van der Waals surface area contributed by atoms with E-state index in [1.807, 2.05) is 32.0 Å². The molecule has 0 atom stereocenters. The maximum Gasteiger partial charge on any atom is 0.343 e. The van der Waals surface area contributed by atoms with E-state index in [4.69, 9.17) is 14.9 Å². The smallest absolute Gasteiger partial charge is 0.343 e. The van der Waals surface area contributed by atoms with Crippen molar-refractivity contribution in [2.75, 3.05) is 6.61 Å². The summed E-state index contributed by atoms with van der Waals surface area (Å²) in [6.45, 7) is 4.09. The number of aryl methyl sites for hydroxylation is 1. The summed E-state index contributed by atoms with van der Waals surface area (Å²) in [5.74, 6) is -0.549. The second-order valence-corrected chi connectivity index (χ2v) is 9.02. The van der Waals surface area contributed by atoms with Gasteiger partial charge in [0.1, 0.15) is 5.04 Å². The molecule has 10 heteroatoms. The monoisotopic (exact) mass is 511 g/mol. The van der Waals surface area contributed by atoms with E-state index in [0.29, 0.717) is 33.7 Å². The Balaban J connectivity index is 1.41. The number of hydrogen-bond acceptors (Lipinski definition) is 8. The molecule has 1 amide bonds. The molecule has 2 aliphatic rings. The molecule has 5 rings (SSSR count). The topological polar surface area (TPSA) is 117 Å². The SMILES string of the molecule is CCOc1cc(C=C2C(=N)N3N=C(c4cccnc4)SC3=NC2=O)ccc1OC(=O)c1ccc(C)cc1. The molecule has 0 saturated carbocycles. The summed E-state index contributed by atoms with van der Waals surface area (Å²) in [6, 6.07) is 15.6. The number of pyridine rings is 1. The van der Waals surface area contributed by atoms with Gasteiger partial charge in [-0.05, 0) is 73.6 Å². The highest BCUT2D eigenvalue weighted by Crippen LogP contribution is 2.33. The molecule has 2 aliphatic heterocycles. The van der Waals surface area contributed by atoms with E-state index in [-0.39, 0.29) is 17.2 Å². The van der Waals surface area contributed by atoms with Gasteiger partial charge in [-0.3, -0.25) is 15.2 Å². The Morgan fingerprint density at radius 2 is 1.95 bits per heavy atom. The molecule has 37 heavy (non-hydrogen) atoms. The van der Waals surface area contributed by atoms with E-state index in [0.717, 1.165) is 11.1 Å². The van der Waals surface area contributed by atoms with Gasteiger partial charge in [0, 0.05) is 18.0 Å². The highest BCUT2D eigenvalue weighted by molar-refractivity contribution is 8.27. The number of aromatic nitrogens is 1. The number of hydrazone groups is 1. The largest absolute Gasteiger partial charge is 0.490 e. The van der Waals surface area contributed by atoms with Crippen molar-refractivity contribution in [3.8, 4) is 11.5 Å². The molecular formula is C27H21N5O4S. The predicted octanol–water partition coefficient (Wildman–Crippen LogP) is 4.68. The number of carbonyl (C=O) groups excluding carboxylic acids is 2. The Labute approximate surface area is 217 Å². The van der Waals surface area contributed by atoms with Gasteiger partial charge in [0.05, 0.1) is 17.7 Å². The maximum absolute atomic E-state index is 12.8. The Morgan fingerprint density at radius 1 is 1.14 bits per heavy atom. The fourth-order valence-electron chi connectivity index (χ4n) is 3.58. The average molecular weight is 512 g/mol. The fraction of sp³-hybridized carbons (Fsp3) is 0.111. The number of esters is 1. The molecule has 0 spiro atoms. The van der Waals surface area contributed by atoms with Crippen molar-refractivity contribution in [2.24, 2.45) is 10.1 Å². The molecule has 9 nitrogen and oxygen atoms in total. The van der Waals surface area contributed by atoms with E-state index in [9.17, 15) is 9.59 Å². The van der Waals surface area contributed by atoms with Crippen LogP contribution in [0.2, 0.25) is 0 Å². The van der Waals surface area contributed by atoms with Crippen LogP contribution < -0.4 is 9.47 Å². The Morgan fingerprint density at radius 3 is 2.68 bits per heavy atom. The molecule has 3 heterocycles. The summed E-state index contributed by atoms with van der Waals surface area (Å²) in [6.07, 6.45) is 4.86. The van der Waals surface area contributed by atoms with Gasteiger partial charge in [0.15, 0.2) is 17.3 Å². The summed E-state index contributed by atoms with van der Waals surface area (Å²) in [4.78, 5) is 33.6. The molecule has 0 fully saturated rings. The van der Waals surface area contributed by atoms with Gasteiger partial charge in [-0.2, -0.15) is 15.1 Å². The van der Waals surface area contributed by atoms with E-state index in [1.165, 1.54) is 16.8 Å². The van der Waals surface area contributed by atoms with Crippen LogP contribution >= 0.6 is 11.8 Å². The van der Waals surface area contributed by atoms with Crippen LogP contribution in [-0.4, -0.2) is 44.5 Å². The number of benzene rings is 2. The molecule has 0 saturated heterocycles. The van der Waals surface area contributed by atoms with Crippen molar-refractivity contribution in [2.45, 2.75) is 13.8 Å². The number of fused-ring (bicyclic) bond motifs is 1. The predicted molar refractivity (Wildman–Crippen MR) is 142 cm³/mol. The van der Waals surface area contributed by atoms with Crippen LogP contribution in [0.5, 0.6) is 11.5 Å². The maximum atomic E-state index is 12.8. The third-order valence-corrected chi connectivity index (χ3v) is 6.39. The Hall–Kier alpha value is -4.57. The van der Waals surface area contributed by atoms with Crippen molar-refractivity contribution in [1.29, 1.82) is 5.41 Å². The summed E-state index contributed by atoms with van der Waals surface area (Å²) >= 11 is 1.21. The third kappa shape index (κ3) is 5.05. The van der Waals surface area contributed by atoms with Gasteiger partial charge < -0.3 is 9.47 Å². The fourth-order valence-corrected chi connectivity index (χ4v) is 4.46. The first kappa shape index (κ1) is 24.1. The minimum Gasteiger partial charge on any atom is -0.490 e. The van der Waals surface area contributed by atoms with E-state index < -0.39 is 11.9 Å². The van der Waals surface area contributed by atoms with Crippen molar-refractivity contribution >= 4 is 45.8 Å². The average Bonchev–Trinajstić information content (AvgIpc) is 3.33. The lowest BCUT2D eigenvalue weighted by Crippen LogP contribution is -2.35. The van der Waals surface area contributed by atoms with Crippen LogP contribution in [0, 0.1) is 12.3 Å². The van der Waals surface area contributed by atoms with Crippen LogP contribution in [0.3, 0.4) is 0 Å². The molecule has 3 aromatic rings. The van der Waals surface area contributed by atoms with Crippen molar-refractivity contribution in [3.63, 3.8) is 0 Å². The molecule has 2 aromatic carbocycles. The van der Waals surface area contributed by atoms with E-state index in [1.54, 1.807) is 54.9 Å². The number of carbonyl (C=O) groups is 2. The number of ether oxygens (including phenoxy) is 2. The number of thioether (sulfide) groups is 1. The van der Waals surface area contributed by atoms with Crippen LogP contribution in [0.15, 0.2) is 82.7 Å². The Bertz CT molecular complexity index is 1500. The van der Waals surface area contributed by atoms with Gasteiger partial charge in [0.2, 0.25) is 5.17 Å². The molecule has 0 bridgehead atoms. The van der Waals surface area contributed by atoms with E-state index >= 15 is 0 Å². The van der Waals surface area contributed by atoms with Crippen LogP contribution in [-0.2, 0) is 4.79 Å². The highest BCUT2D eigenvalue weighted by Gasteiger charge is 2.36. The molecule has 0 aliphatic carbocycles. The second-order valence-electron chi connectivity index (χ2n) is 8.06. The van der Waals surface area contributed by atoms with Gasteiger partial charge in [-0.1, -0.05) is 23.8 Å². The summed E-state index contributed by atoms with van der Waals surface area (Å²) in [7, 11) is 0. The van der Waals surface area contributed by atoms with Crippen molar-refractivity contribution in [1.82, 2.24) is 9.99 Å². The van der Waals surface area contributed by atoms with Crippen LogP contribution in [0.25, 0.3) is 6.08 Å². The number of rotatable bonds is 6. The van der Waals surface area contributed by atoms with Crippen molar-refractivity contribution in [3.05, 3.63) is 94.8 Å². The number of aliphatic imine (C=N–C) groups is 1. The van der Waals surface area contributed by atoms with Gasteiger partial charge in [-0.25, -0.2) is 4.79 Å². The minimum absolute atomic E-state index is 0.0763. The third-order valence-electron chi connectivity index (χ3n) is 5.43. The zero-order valence-corrected chi connectivity index (χ0v) is 20.8. The Kier molecular flexibility index (Phi) is 6.65. The van der Waals surface area contributed by atoms with Gasteiger partial charge in [0.25, 0.3) is 5.91 Å². The normalized spacial score (nSPS) is 15.8. The first-order chi connectivity index (χ1) is 17.9. The second kappa shape index (κ2) is 10.2. The van der Waals surface area contributed by atoms with Crippen LogP contribution in [0.1, 0.15) is 34.0 Å². The molecule has 1 aromatic heterocycles. The summed E-state index contributed by atoms with van der Waals surface area (Å²) < 4.78 is 11.3. The quantitative estimate of drug-likeness (QED) is 0.290. The number of amidine groups is 2. The van der Waals surface area contributed by atoms with Crippen LogP contribution in [0.4, 0.5) is 0 Å². The highest BCUT2D eigenvalue weighted by atomic mass is 32.2. The lowest BCUT2D eigenvalue weighted by atomic mass is 10.1. The lowest BCUT2D eigenvalue weighted by Gasteiger charge is -2.20. The van der Waals surface area contributed by atoms with Gasteiger partial charge in [-0.15, -0.1) is 0 Å². The standard InChI is InChI=1S/C27H21N5O4S/c1-3-35-22-14-17(8-11-21(22)36-26(34)18-9-6-16(2)7-10-18)13-20-23(28)32-27(30-24(20)33)37-25(31-32)19-5-4-12-29-15-19/h4-15,28H,3H2,1-2H3.